The summed E-state index contributed by atoms with van der Waals surface area (Å²) in [5.41, 5.74) is 15.6. The number of benzene rings is 4. The van der Waals surface area contributed by atoms with E-state index in [4.69, 9.17) is 30.4 Å². The minimum absolute atomic E-state index is 0.149. The van der Waals surface area contributed by atoms with Crippen LogP contribution < -0.4 is 42.2 Å². The number of hydrogen-bond acceptors (Lipinski definition) is 16. The fourth-order valence-corrected chi connectivity index (χ4v) is 9.77. The van der Waals surface area contributed by atoms with Gasteiger partial charge in [0, 0.05) is 24.7 Å². The number of nitrogens with one attached hydrogen (secondary N) is 4. The van der Waals surface area contributed by atoms with Crippen molar-refractivity contribution in [1.82, 2.24) is 21.3 Å². The largest absolute Gasteiger partial charge is 0.497 e. The van der Waals surface area contributed by atoms with Crippen LogP contribution in [0.4, 0.5) is 9.59 Å². The SMILES string of the molecule is CCOC(=O)[C@H](Cc1ccccc1)NC(=O)NC(=O)[C@@H]1SC(N)=C(C#N)[C@H]1c1ccc(OC)cc1.CCOC(=O)[C@H](Cc1ccccc1)NC(=O)NC(=O)[C@H]1SC(N)=C(C#N)[C@@H]1c1ccc(OC)cc1. The molecule has 8 N–H and O–H groups in total. The van der Waals surface area contributed by atoms with Gasteiger partial charge >= 0.3 is 24.0 Å². The summed E-state index contributed by atoms with van der Waals surface area (Å²) >= 11 is 2.03. The molecular formula is C50H52N8O10S2. The van der Waals surface area contributed by atoms with Crippen LogP contribution in [0.25, 0.3) is 0 Å². The number of amides is 6. The summed E-state index contributed by atoms with van der Waals surface area (Å²) in [6.45, 7) is 3.64. The molecule has 2 aliphatic heterocycles. The van der Waals surface area contributed by atoms with Gasteiger partial charge in [-0.25, -0.2) is 19.2 Å². The Hall–Kier alpha value is -7.94. The van der Waals surface area contributed by atoms with Gasteiger partial charge in [0.1, 0.15) is 34.1 Å². The van der Waals surface area contributed by atoms with Gasteiger partial charge in [-0.2, -0.15) is 10.5 Å². The van der Waals surface area contributed by atoms with Gasteiger partial charge in [-0.15, -0.1) is 0 Å². The van der Waals surface area contributed by atoms with E-state index in [9.17, 15) is 39.3 Å². The van der Waals surface area contributed by atoms with Gasteiger partial charge < -0.3 is 41.0 Å². The molecule has 6 rings (SSSR count). The lowest BCUT2D eigenvalue weighted by molar-refractivity contribution is -0.146. The summed E-state index contributed by atoms with van der Waals surface area (Å²) in [6.07, 6.45) is 0.391. The molecule has 0 aromatic heterocycles. The average molecular weight is 989 g/mol. The quantitative estimate of drug-likeness (QED) is 0.0789. The number of thioether (sulfide) groups is 2. The minimum Gasteiger partial charge on any atom is -0.497 e. The smallest absolute Gasteiger partial charge is 0.329 e. The first-order valence-corrected chi connectivity index (χ1v) is 23.6. The summed E-state index contributed by atoms with van der Waals surface area (Å²) < 4.78 is 20.5. The van der Waals surface area contributed by atoms with Gasteiger partial charge in [-0.1, -0.05) is 108 Å². The number of imide groups is 2. The van der Waals surface area contributed by atoms with E-state index in [-0.39, 0.29) is 47.3 Å². The highest BCUT2D eigenvalue weighted by Gasteiger charge is 2.43. The van der Waals surface area contributed by atoms with Crippen molar-refractivity contribution in [2.45, 2.75) is 61.1 Å². The number of carbonyl (C=O) groups excluding carboxylic acids is 6. The molecule has 20 heteroatoms. The number of carbonyl (C=O) groups is 6. The van der Waals surface area contributed by atoms with Crippen LogP contribution >= 0.6 is 23.5 Å². The second-order valence-corrected chi connectivity index (χ2v) is 17.6. The number of urea groups is 2. The van der Waals surface area contributed by atoms with Gasteiger partial charge in [0.15, 0.2) is 0 Å². The van der Waals surface area contributed by atoms with Gasteiger partial charge in [0.2, 0.25) is 11.8 Å². The summed E-state index contributed by atoms with van der Waals surface area (Å²) in [7, 11) is 3.07. The van der Waals surface area contributed by atoms with Gasteiger partial charge in [-0.3, -0.25) is 20.2 Å². The molecule has 18 nitrogen and oxygen atoms in total. The molecule has 0 radical (unpaired) electrons. The molecule has 0 aliphatic carbocycles. The lowest BCUT2D eigenvalue weighted by atomic mass is 9.88. The molecule has 2 heterocycles. The summed E-state index contributed by atoms with van der Waals surface area (Å²) in [4.78, 5) is 76.4. The second kappa shape index (κ2) is 26.0. The Bertz CT molecular complexity index is 2470. The molecule has 6 amide bonds. The summed E-state index contributed by atoms with van der Waals surface area (Å²) in [6, 6.07) is 32.6. The molecule has 0 saturated carbocycles. The Labute approximate surface area is 413 Å². The number of rotatable bonds is 16. The van der Waals surface area contributed by atoms with Crippen molar-refractivity contribution in [2.75, 3.05) is 27.4 Å². The molecule has 70 heavy (non-hydrogen) atoms. The Balaban J connectivity index is 0.000000261. The molecule has 0 bridgehead atoms. The molecule has 0 unspecified atom stereocenters. The van der Waals surface area contributed by atoms with Crippen LogP contribution in [0.15, 0.2) is 130 Å². The number of esters is 2. The maximum atomic E-state index is 13.1. The molecule has 4 aromatic carbocycles. The zero-order chi connectivity index (χ0) is 50.7. The highest BCUT2D eigenvalue weighted by Crippen LogP contribution is 2.47. The minimum atomic E-state index is -0.989. The van der Waals surface area contributed by atoms with Crippen molar-refractivity contribution >= 4 is 59.3 Å². The number of nitriles is 2. The van der Waals surface area contributed by atoms with Crippen LogP contribution in [0, 0.1) is 22.7 Å². The van der Waals surface area contributed by atoms with Gasteiger partial charge in [0.25, 0.3) is 0 Å². The van der Waals surface area contributed by atoms with E-state index in [1.54, 1.807) is 62.4 Å². The summed E-state index contributed by atoms with van der Waals surface area (Å²) in [5, 5.41) is 27.7. The molecule has 2 aliphatic rings. The third-order valence-electron chi connectivity index (χ3n) is 10.8. The van der Waals surface area contributed by atoms with Crippen LogP contribution in [-0.2, 0) is 41.5 Å². The average Bonchev–Trinajstić information content (AvgIpc) is 3.89. The van der Waals surface area contributed by atoms with Crippen molar-refractivity contribution in [3.63, 3.8) is 0 Å². The van der Waals surface area contributed by atoms with Crippen molar-refractivity contribution in [1.29, 1.82) is 10.5 Å². The van der Waals surface area contributed by atoms with Crippen LogP contribution in [0.3, 0.4) is 0 Å². The standard InChI is InChI=1S/2C25H26N4O5S/c2*1-3-34-24(31)19(13-15-7-5-4-6-8-15)28-25(32)29-23(30)21-20(18(14-26)22(27)35-21)16-9-11-17(33-2)12-10-16/h2*4-12,19-21H,3,13,27H2,1-2H3,(H2,28,29,30,32)/t19-,20+,21+;19-,20-,21-/m00/s1. The van der Waals surface area contributed by atoms with E-state index < -0.39 is 70.2 Å². The van der Waals surface area contributed by atoms with Crippen molar-refractivity contribution < 1.29 is 47.7 Å². The number of nitrogens with zero attached hydrogens (tertiary/aromatic N) is 2. The predicted octanol–water partition coefficient (Wildman–Crippen LogP) is 5.18. The third kappa shape index (κ3) is 14.1. The van der Waals surface area contributed by atoms with E-state index in [0.29, 0.717) is 22.6 Å². The second-order valence-electron chi connectivity index (χ2n) is 15.3. The van der Waals surface area contributed by atoms with Crippen LogP contribution in [0.1, 0.15) is 47.9 Å². The first kappa shape index (κ1) is 53.0. The van der Waals surface area contributed by atoms with Crippen LogP contribution in [0.5, 0.6) is 11.5 Å². The maximum absolute atomic E-state index is 13.1. The first-order chi connectivity index (χ1) is 33.7. The monoisotopic (exact) mass is 988 g/mol. The van der Waals surface area contributed by atoms with Crippen molar-refractivity contribution in [3.05, 3.63) is 153 Å². The Kier molecular flexibility index (Phi) is 19.7. The highest BCUT2D eigenvalue weighted by molar-refractivity contribution is 8.04. The van der Waals surface area contributed by atoms with Gasteiger partial charge in [-0.05, 0) is 60.4 Å². The molecule has 0 fully saturated rings. The molecular weight excluding hydrogens is 937 g/mol. The van der Waals surface area contributed by atoms with Crippen LogP contribution in [-0.4, -0.2) is 85.8 Å². The molecule has 0 spiro atoms. The highest BCUT2D eigenvalue weighted by atomic mass is 32.2. The number of nitrogens with two attached hydrogens (primary N) is 2. The number of allylic oxidation sites excluding steroid dienone is 2. The first-order valence-electron chi connectivity index (χ1n) is 21.8. The Morgan fingerprint density at radius 1 is 0.571 bits per heavy atom. The van der Waals surface area contributed by atoms with E-state index in [1.807, 2.05) is 60.7 Å². The molecule has 0 saturated heterocycles. The van der Waals surface area contributed by atoms with E-state index in [0.717, 1.165) is 34.7 Å². The van der Waals surface area contributed by atoms with Gasteiger partial charge in [0.05, 0.1) is 60.8 Å². The lowest BCUT2D eigenvalue weighted by Crippen LogP contribution is -2.51. The maximum Gasteiger partial charge on any atom is 0.329 e. The summed E-state index contributed by atoms with van der Waals surface area (Å²) in [5.74, 6) is -2.53. The number of hydrogen-bond donors (Lipinski definition) is 6. The van der Waals surface area contributed by atoms with Crippen molar-refractivity contribution in [2.24, 2.45) is 11.5 Å². The number of methoxy groups -OCH3 is 2. The van der Waals surface area contributed by atoms with E-state index in [1.165, 1.54) is 14.2 Å². The molecule has 4 aromatic rings. The van der Waals surface area contributed by atoms with Crippen molar-refractivity contribution in [3.8, 4) is 23.6 Å². The zero-order valence-electron chi connectivity index (χ0n) is 38.6. The van der Waals surface area contributed by atoms with Crippen LogP contribution in [0.2, 0.25) is 0 Å². The molecule has 6 atom stereocenters. The molecule has 364 valence electrons. The zero-order valence-corrected chi connectivity index (χ0v) is 40.3. The lowest BCUT2D eigenvalue weighted by Gasteiger charge is -2.21. The number of ether oxygens (including phenoxy) is 4. The third-order valence-corrected chi connectivity index (χ3v) is 13.2. The normalized spacial score (nSPS) is 17.7. The predicted molar refractivity (Wildman–Crippen MR) is 262 cm³/mol. The fourth-order valence-electron chi connectivity index (χ4n) is 7.44. The Morgan fingerprint density at radius 2 is 0.914 bits per heavy atom. The fraction of sp³-hybridized carbons (Fsp3) is 0.280. The Morgan fingerprint density at radius 3 is 1.21 bits per heavy atom. The van der Waals surface area contributed by atoms with E-state index in [2.05, 4.69) is 33.4 Å². The van der Waals surface area contributed by atoms with E-state index >= 15 is 0 Å². The topological polar surface area (TPSA) is 287 Å².